The van der Waals surface area contributed by atoms with Crippen LogP contribution in [0.2, 0.25) is 0 Å². The van der Waals surface area contributed by atoms with Crippen LogP contribution in [0, 0.1) is 46.8 Å². The maximum absolute atomic E-state index is 11.9. The van der Waals surface area contributed by atoms with E-state index in [0.717, 1.165) is 43.1 Å². The molecule has 6 aliphatic rings. The Labute approximate surface area is 183 Å². The Bertz CT molecular complexity index is 730. The molecule has 2 heterocycles. The molecule has 0 aromatic carbocycles. The van der Waals surface area contributed by atoms with Crippen molar-refractivity contribution in [3.05, 3.63) is 11.1 Å². The van der Waals surface area contributed by atoms with Gasteiger partial charge in [-0.15, -0.1) is 0 Å². The number of piperidine rings is 2. The Morgan fingerprint density at radius 1 is 0.933 bits per heavy atom. The van der Waals surface area contributed by atoms with Gasteiger partial charge in [-0.05, 0) is 110 Å². The molecule has 2 saturated carbocycles. The van der Waals surface area contributed by atoms with Crippen molar-refractivity contribution in [2.75, 3.05) is 13.1 Å². The third kappa shape index (κ3) is 2.73. The summed E-state index contributed by atoms with van der Waals surface area (Å²) in [5, 5.41) is 22.2. The molecule has 3 heteroatoms. The van der Waals surface area contributed by atoms with Crippen molar-refractivity contribution in [1.29, 1.82) is 0 Å². The molecule has 11 atom stereocenters. The highest BCUT2D eigenvalue weighted by Crippen LogP contribution is 2.64. The molecule has 6 rings (SSSR count). The molecule has 168 valence electrons. The predicted molar refractivity (Wildman–Crippen MR) is 120 cm³/mol. The van der Waals surface area contributed by atoms with E-state index in [1.165, 1.54) is 57.2 Å². The number of allylic oxidation sites excluding steroid dienone is 1. The van der Waals surface area contributed by atoms with Gasteiger partial charge in [-0.2, -0.15) is 0 Å². The van der Waals surface area contributed by atoms with E-state index in [4.69, 9.17) is 0 Å². The Balaban J connectivity index is 1.32. The van der Waals surface area contributed by atoms with Crippen molar-refractivity contribution in [1.82, 2.24) is 4.90 Å². The largest absolute Gasteiger partial charge is 0.393 e. The van der Waals surface area contributed by atoms with E-state index in [1.54, 1.807) is 5.57 Å². The number of rotatable bonds is 0. The molecule has 4 aliphatic carbocycles. The molecule has 0 radical (unpaired) electrons. The normalized spacial score (nSPS) is 55.9. The van der Waals surface area contributed by atoms with Gasteiger partial charge in [-0.25, -0.2) is 0 Å². The minimum Gasteiger partial charge on any atom is -0.393 e. The third-order valence-corrected chi connectivity index (χ3v) is 11.3. The Morgan fingerprint density at radius 3 is 2.60 bits per heavy atom. The number of aliphatic hydroxyl groups excluding tert-OH is 2. The van der Waals surface area contributed by atoms with Crippen LogP contribution in [0.25, 0.3) is 0 Å². The first-order chi connectivity index (χ1) is 14.4. The van der Waals surface area contributed by atoms with Gasteiger partial charge in [0, 0.05) is 19.1 Å². The average Bonchev–Trinajstić information content (AvgIpc) is 3.02. The lowest BCUT2D eigenvalue weighted by Crippen LogP contribution is -2.59. The smallest absolute Gasteiger partial charge is 0.0795 e. The summed E-state index contributed by atoms with van der Waals surface area (Å²) in [5.41, 5.74) is 3.30. The van der Waals surface area contributed by atoms with Crippen LogP contribution in [0.5, 0.6) is 0 Å². The predicted octanol–water partition coefficient (Wildman–Crippen LogP) is 4.63. The lowest BCUT2D eigenvalue weighted by atomic mass is 9.57. The van der Waals surface area contributed by atoms with Crippen LogP contribution >= 0.6 is 0 Å². The molecule has 2 aliphatic heterocycles. The molecular formula is C27H43NO2. The summed E-state index contributed by atoms with van der Waals surface area (Å²) in [6.45, 7) is 9.93. The van der Waals surface area contributed by atoms with Crippen LogP contribution in [0.15, 0.2) is 11.1 Å². The fourth-order valence-corrected chi connectivity index (χ4v) is 9.86. The van der Waals surface area contributed by atoms with Gasteiger partial charge in [0.25, 0.3) is 0 Å². The molecule has 2 saturated heterocycles. The van der Waals surface area contributed by atoms with E-state index in [-0.39, 0.29) is 17.6 Å². The van der Waals surface area contributed by atoms with E-state index >= 15 is 0 Å². The maximum Gasteiger partial charge on any atom is 0.0795 e. The summed E-state index contributed by atoms with van der Waals surface area (Å²) in [6.07, 6.45) is 10.5. The third-order valence-electron chi connectivity index (χ3n) is 11.3. The highest BCUT2D eigenvalue weighted by Gasteiger charge is 2.59. The molecule has 2 N–H and O–H groups in total. The molecule has 11 unspecified atom stereocenters. The summed E-state index contributed by atoms with van der Waals surface area (Å²) in [6, 6.07) is 0.793. The van der Waals surface area contributed by atoms with E-state index in [1.807, 2.05) is 0 Å². The minimum atomic E-state index is -0.216. The Morgan fingerprint density at radius 2 is 1.77 bits per heavy atom. The monoisotopic (exact) mass is 413 g/mol. The standard InChI is InChI=1S/C27H43NO2/c1-15-4-9-23-16(2)19-7-8-20-21-6-5-17-12-18(29)10-11-27(17,3)25(21)26(30)24(20)22(19)14-28(23)13-15/h15-20,22-24,26,29-30H,4-14H2,1-3H3. The van der Waals surface area contributed by atoms with Crippen LogP contribution in [0.4, 0.5) is 0 Å². The summed E-state index contributed by atoms with van der Waals surface area (Å²) in [7, 11) is 0. The number of aliphatic hydroxyl groups is 2. The molecule has 0 aromatic rings. The fourth-order valence-electron chi connectivity index (χ4n) is 9.86. The molecule has 0 aromatic heterocycles. The quantitative estimate of drug-likeness (QED) is 0.569. The SMILES string of the molecule is CC1CCC2C(C)C3CCC4C5=C(C(O)C4C3CN2C1)C1(C)CCC(O)CC1CC5. The van der Waals surface area contributed by atoms with Gasteiger partial charge in [0.1, 0.15) is 0 Å². The van der Waals surface area contributed by atoms with Gasteiger partial charge in [-0.1, -0.05) is 26.3 Å². The van der Waals surface area contributed by atoms with E-state index in [2.05, 4.69) is 25.7 Å². The number of hydrogen-bond acceptors (Lipinski definition) is 3. The van der Waals surface area contributed by atoms with Crippen molar-refractivity contribution in [2.45, 2.75) is 96.8 Å². The van der Waals surface area contributed by atoms with Gasteiger partial charge < -0.3 is 10.2 Å². The molecule has 4 fully saturated rings. The summed E-state index contributed by atoms with van der Waals surface area (Å²) in [4.78, 5) is 2.84. The van der Waals surface area contributed by atoms with Gasteiger partial charge in [0.15, 0.2) is 0 Å². The van der Waals surface area contributed by atoms with Crippen molar-refractivity contribution in [3.8, 4) is 0 Å². The maximum atomic E-state index is 11.9. The summed E-state index contributed by atoms with van der Waals surface area (Å²) in [5.74, 6) is 4.80. The molecule has 3 nitrogen and oxygen atoms in total. The minimum absolute atomic E-state index is 0.118. The van der Waals surface area contributed by atoms with Crippen molar-refractivity contribution < 1.29 is 10.2 Å². The second-order valence-electron chi connectivity index (χ2n) is 12.6. The van der Waals surface area contributed by atoms with Crippen molar-refractivity contribution in [3.63, 3.8) is 0 Å². The highest BCUT2D eigenvalue weighted by atomic mass is 16.3. The second kappa shape index (κ2) is 7.06. The zero-order chi connectivity index (χ0) is 20.8. The lowest BCUT2D eigenvalue weighted by molar-refractivity contribution is -0.0882. The van der Waals surface area contributed by atoms with Crippen LogP contribution in [0.1, 0.15) is 78.6 Å². The zero-order valence-corrected chi connectivity index (χ0v) is 19.4. The lowest BCUT2D eigenvalue weighted by Gasteiger charge is -2.56. The molecule has 30 heavy (non-hydrogen) atoms. The van der Waals surface area contributed by atoms with Crippen LogP contribution in [-0.4, -0.2) is 46.5 Å². The van der Waals surface area contributed by atoms with Gasteiger partial charge in [0.2, 0.25) is 0 Å². The van der Waals surface area contributed by atoms with E-state index in [0.29, 0.717) is 23.7 Å². The van der Waals surface area contributed by atoms with Gasteiger partial charge in [-0.3, -0.25) is 4.90 Å². The first-order valence-corrected chi connectivity index (χ1v) is 13.2. The van der Waals surface area contributed by atoms with Gasteiger partial charge in [0.05, 0.1) is 12.2 Å². The second-order valence-corrected chi connectivity index (χ2v) is 12.6. The van der Waals surface area contributed by atoms with Crippen LogP contribution in [0.3, 0.4) is 0 Å². The highest BCUT2D eigenvalue weighted by molar-refractivity contribution is 5.39. The average molecular weight is 414 g/mol. The first kappa shape index (κ1) is 20.2. The molecular weight excluding hydrogens is 370 g/mol. The Hall–Kier alpha value is -0.380. The molecule has 0 amide bonds. The number of hydrogen-bond donors (Lipinski definition) is 2. The number of fused-ring (bicyclic) bond motifs is 7. The zero-order valence-electron chi connectivity index (χ0n) is 19.4. The van der Waals surface area contributed by atoms with Crippen molar-refractivity contribution in [2.24, 2.45) is 46.8 Å². The molecule has 0 bridgehead atoms. The van der Waals surface area contributed by atoms with Gasteiger partial charge >= 0.3 is 0 Å². The van der Waals surface area contributed by atoms with Crippen LogP contribution in [-0.2, 0) is 0 Å². The van der Waals surface area contributed by atoms with E-state index in [9.17, 15) is 10.2 Å². The molecule has 0 spiro atoms. The number of nitrogens with zero attached hydrogens (tertiary/aromatic N) is 1. The van der Waals surface area contributed by atoms with Crippen LogP contribution < -0.4 is 0 Å². The Kier molecular flexibility index (Phi) is 4.76. The van der Waals surface area contributed by atoms with E-state index < -0.39 is 0 Å². The summed E-state index contributed by atoms with van der Waals surface area (Å²) < 4.78 is 0. The van der Waals surface area contributed by atoms with Crippen molar-refractivity contribution >= 4 is 0 Å². The fraction of sp³-hybridized carbons (Fsp3) is 0.926. The summed E-state index contributed by atoms with van der Waals surface area (Å²) >= 11 is 0. The first-order valence-electron chi connectivity index (χ1n) is 13.2. The topological polar surface area (TPSA) is 43.7 Å².